The second-order valence-corrected chi connectivity index (χ2v) is 4.60. The summed E-state index contributed by atoms with van der Waals surface area (Å²) >= 11 is 0. The molecule has 0 saturated carbocycles. The Morgan fingerprint density at radius 1 is 1.32 bits per heavy atom. The van der Waals surface area contributed by atoms with Crippen LogP contribution in [0.3, 0.4) is 0 Å². The zero-order chi connectivity index (χ0) is 15.9. The van der Waals surface area contributed by atoms with Crippen molar-refractivity contribution in [2.45, 2.75) is 20.3 Å². The molecule has 7 heteroatoms. The van der Waals surface area contributed by atoms with Gasteiger partial charge in [-0.3, -0.25) is 4.79 Å². The zero-order valence-corrected chi connectivity index (χ0v) is 12.5. The molecule has 1 amide bonds. The monoisotopic (exact) mass is 303 g/mol. The van der Waals surface area contributed by atoms with Crippen molar-refractivity contribution < 1.29 is 18.7 Å². The minimum Gasteiger partial charge on any atom is -0.459 e. The molecule has 1 aromatic heterocycles. The topological polar surface area (TPSA) is 94.3 Å². The highest BCUT2D eigenvalue weighted by molar-refractivity contribution is 6.32. The molecule has 2 aromatic rings. The molecule has 0 unspecified atom stereocenters. The highest BCUT2D eigenvalue weighted by atomic mass is 16.5. The Balaban J connectivity index is 1.88. The normalized spacial score (nSPS) is 10.3. The molecule has 0 saturated heterocycles. The summed E-state index contributed by atoms with van der Waals surface area (Å²) < 4.78 is 10.1. The van der Waals surface area contributed by atoms with E-state index in [-0.39, 0.29) is 13.2 Å². The lowest BCUT2D eigenvalue weighted by Crippen LogP contribution is -2.33. The van der Waals surface area contributed by atoms with Crippen LogP contribution in [0.15, 0.2) is 28.7 Å². The average Bonchev–Trinajstić information content (AvgIpc) is 2.96. The van der Waals surface area contributed by atoms with Gasteiger partial charge in [0.25, 0.3) is 0 Å². The van der Waals surface area contributed by atoms with Crippen LogP contribution in [0.25, 0.3) is 11.5 Å². The van der Waals surface area contributed by atoms with Gasteiger partial charge in [-0.05, 0) is 26.0 Å². The molecule has 0 spiro atoms. The highest BCUT2D eigenvalue weighted by Crippen LogP contribution is 2.18. The second kappa shape index (κ2) is 7.35. The maximum Gasteiger partial charge on any atom is 0.396 e. The first-order valence-electron chi connectivity index (χ1n) is 6.94. The summed E-state index contributed by atoms with van der Waals surface area (Å²) in [5.74, 6) is -0.857. The number of hydrogen-bond donors (Lipinski definition) is 1. The number of esters is 1. The summed E-state index contributed by atoms with van der Waals surface area (Å²) in [6.07, 6.45) is 0.337. The Labute approximate surface area is 127 Å². The fourth-order valence-corrected chi connectivity index (χ4v) is 1.80. The number of amides is 1. The molecule has 0 aliphatic heterocycles. The standard InChI is InChI=1S/C15H17N3O4/c1-3-21-15(20)13(19)16-8-7-12-17-18-14(22-12)11-6-4-5-10(2)9-11/h4-6,9H,3,7-8H2,1-2H3,(H,16,19). The van der Waals surface area contributed by atoms with Gasteiger partial charge in [0.05, 0.1) is 6.61 Å². The third-order valence-electron chi connectivity index (χ3n) is 2.82. The van der Waals surface area contributed by atoms with Crippen LogP contribution in [-0.2, 0) is 20.7 Å². The fourth-order valence-electron chi connectivity index (χ4n) is 1.80. The van der Waals surface area contributed by atoms with Crippen LogP contribution < -0.4 is 5.32 Å². The Hall–Kier alpha value is -2.70. The largest absolute Gasteiger partial charge is 0.459 e. The lowest BCUT2D eigenvalue weighted by Gasteiger charge is -2.02. The summed E-state index contributed by atoms with van der Waals surface area (Å²) in [6, 6.07) is 7.71. The van der Waals surface area contributed by atoms with E-state index in [2.05, 4.69) is 20.3 Å². The number of nitrogens with one attached hydrogen (secondary N) is 1. The maximum absolute atomic E-state index is 11.3. The third-order valence-corrected chi connectivity index (χ3v) is 2.82. The van der Waals surface area contributed by atoms with Crippen LogP contribution in [0, 0.1) is 6.92 Å². The average molecular weight is 303 g/mol. The molecule has 7 nitrogen and oxygen atoms in total. The lowest BCUT2D eigenvalue weighted by molar-refractivity contribution is -0.154. The van der Waals surface area contributed by atoms with E-state index in [0.717, 1.165) is 11.1 Å². The van der Waals surface area contributed by atoms with Gasteiger partial charge in [-0.2, -0.15) is 0 Å². The quantitative estimate of drug-likeness (QED) is 0.660. The SMILES string of the molecule is CCOC(=O)C(=O)NCCc1nnc(-c2cccc(C)c2)o1. The van der Waals surface area contributed by atoms with Gasteiger partial charge in [0.15, 0.2) is 0 Å². The first-order valence-corrected chi connectivity index (χ1v) is 6.94. The number of ether oxygens (including phenoxy) is 1. The van der Waals surface area contributed by atoms with Gasteiger partial charge in [0, 0.05) is 18.5 Å². The number of carbonyl (C=O) groups is 2. The number of benzene rings is 1. The summed E-state index contributed by atoms with van der Waals surface area (Å²) in [5.41, 5.74) is 1.94. The van der Waals surface area contributed by atoms with E-state index in [1.807, 2.05) is 31.2 Å². The summed E-state index contributed by atoms with van der Waals surface area (Å²) in [7, 11) is 0. The van der Waals surface area contributed by atoms with Gasteiger partial charge < -0.3 is 14.5 Å². The highest BCUT2D eigenvalue weighted by Gasteiger charge is 2.14. The Morgan fingerprint density at radius 2 is 2.14 bits per heavy atom. The van der Waals surface area contributed by atoms with Crippen molar-refractivity contribution in [2.75, 3.05) is 13.2 Å². The summed E-state index contributed by atoms with van der Waals surface area (Å²) in [6.45, 7) is 3.99. The molecule has 22 heavy (non-hydrogen) atoms. The van der Waals surface area contributed by atoms with E-state index in [4.69, 9.17) is 4.42 Å². The van der Waals surface area contributed by atoms with Gasteiger partial charge in [-0.25, -0.2) is 4.79 Å². The predicted molar refractivity (Wildman–Crippen MR) is 77.8 cm³/mol. The number of nitrogens with zero attached hydrogens (tertiary/aromatic N) is 2. The van der Waals surface area contributed by atoms with Crippen LogP contribution in [0.2, 0.25) is 0 Å². The van der Waals surface area contributed by atoms with E-state index in [1.54, 1.807) is 6.92 Å². The Bertz CT molecular complexity index is 666. The number of aromatic nitrogens is 2. The second-order valence-electron chi connectivity index (χ2n) is 4.60. The molecular weight excluding hydrogens is 286 g/mol. The van der Waals surface area contributed by atoms with Crippen molar-refractivity contribution in [1.82, 2.24) is 15.5 Å². The van der Waals surface area contributed by atoms with Crippen LogP contribution in [0.4, 0.5) is 0 Å². The number of aryl methyl sites for hydroxylation is 1. The van der Waals surface area contributed by atoms with Gasteiger partial charge in [0.1, 0.15) is 0 Å². The first kappa shape index (κ1) is 15.7. The van der Waals surface area contributed by atoms with E-state index in [9.17, 15) is 9.59 Å². The molecule has 116 valence electrons. The minimum absolute atomic E-state index is 0.162. The molecule has 0 aliphatic rings. The van der Waals surface area contributed by atoms with Crippen molar-refractivity contribution in [3.05, 3.63) is 35.7 Å². The van der Waals surface area contributed by atoms with Gasteiger partial charge in [0.2, 0.25) is 11.8 Å². The van der Waals surface area contributed by atoms with E-state index >= 15 is 0 Å². The van der Waals surface area contributed by atoms with E-state index in [1.165, 1.54) is 0 Å². The lowest BCUT2D eigenvalue weighted by atomic mass is 10.1. The molecule has 1 N–H and O–H groups in total. The molecule has 0 fully saturated rings. The van der Waals surface area contributed by atoms with E-state index < -0.39 is 11.9 Å². The number of carbonyl (C=O) groups excluding carboxylic acids is 2. The number of hydrogen-bond acceptors (Lipinski definition) is 6. The fraction of sp³-hybridized carbons (Fsp3) is 0.333. The van der Waals surface area contributed by atoms with Gasteiger partial charge in [-0.15, -0.1) is 10.2 Å². The number of rotatable bonds is 5. The van der Waals surface area contributed by atoms with Gasteiger partial charge >= 0.3 is 11.9 Å². The van der Waals surface area contributed by atoms with Crippen LogP contribution >= 0.6 is 0 Å². The first-order chi connectivity index (χ1) is 10.6. The van der Waals surface area contributed by atoms with Crippen molar-refractivity contribution >= 4 is 11.9 Å². The maximum atomic E-state index is 11.3. The van der Waals surface area contributed by atoms with Crippen molar-refractivity contribution in [2.24, 2.45) is 0 Å². The third kappa shape index (κ3) is 4.15. The Morgan fingerprint density at radius 3 is 2.86 bits per heavy atom. The minimum atomic E-state index is -0.895. The van der Waals surface area contributed by atoms with Crippen LogP contribution in [0.5, 0.6) is 0 Å². The zero-order valence-electron chi connectivity index (χ0n) is 12.5. The van der Waals surface area contributed by atoms with E-state index in [0.29, 0.717) is 18.2 Å². The van der Waals surface area contributed by atoms with Crippen LogP contribution in [-0.4, -0.2) is 35.2 Å². The molecule has 0 aliphatic carbocycles. The smallest absolute Gasteiger partial charge is 0.396 e. The molecule has 2 rings (SSSR count). The van der Waals surface area contributed by atoms with Crippen LogP contribution in [0.1, 0.15) is 18.4 Å². The summed E-state index contributed by atoms with van der Waals surface area (Å²) in [5, 5.41) is 10.3. The Kier molecular flexibility index (Phi) is 5.24. The summed E-state index contributed by atoms with van der Waals surface area (Å²) in [4.78, 5) is 22.5. The molecular formula is C15H17N3O4. The molecule has 0 bridgehead atoms. The van der Waals surface area contributed by atoms with Crippen molar-refractivity contribution in [3.63, 3.8) is 0 Å². The van der Waals surface area contributed by atoms with Crippen molar-refractivity contribution in [1.29, 1.82) is 0 Å². The molecule has 0 radical (unpaired) electrons. The molecule has 0 atom stereocenters. The van der Waals surface area contributed by atoms with Crippen molar-refractivity contribution in [3.8, 4) is 11.5 Å². The van der Waals surface area contributed by atoms with Gasteiger partial charge in [-0.1, -0.05) is 17.7 Å². The predicted octanol–water partition coefficient (Wildman–Crippen LogP) is 1.27. The molecule has 1 aromatic carbocycles. The molecule has 1 heterocycles.